The summed E-state index contributed by atoms with van der Waals surface area (Å²) in [6.45, 7) is 6.13. The number of hydrogen-bond donors (Lipinski definition) is 0. The molecule has 0 unspecified atom stereocenters. The van der Waals surface area contributed by atoms with Gasteiger partial charge in [0.25, 0.3) is 0 Å². The van der Waals surface area contributed by atoms with E-state index in [0.29, 0.717) is 6.10 Å². The van der Waals surface area contributed by atoms with Gasteiger partial charge in [-0.05, 0) is 31.9 Å². The monoisotopic (exact) mass is 220 g/mol. The van der Waals surface area contributed by atoms with E-state index in [1.807, 2.05) is 12.3 Å². The summed E-state index contributed by atoms with van der Waals surface area (Å²) in [7, 11) is 0. The molecule has 2 rings (SSSR count). The van der Waals surface area contributed by atoms with Gasteiger partial charge in [0, 0.05) is 32.4 Å². The van der Waals surface area contributed by atoms with Crippen LogP contribution in [0.4, 0.5) is 0 Å². The lowest BCUT2D eigenvalue weighted by atomic mass is 10.1. The molecule has 16 heavy (non-hydrogen) atoms. The van der Waals surface area contributed by atoms with Gasteiger partial charge >= 0.3 is 0 Å². The Balaban J connectivity index is 1.77. The highest BCUT2D eigenvalue weighted by Crippen LogP contribution is 2.15. The van der Waals surface area contributed by atoms with Crippen LogP contribution in [0.5, 0.6) is 0 Å². The summed E-state index contributed by atoms with van der Waals surface area (Å²) in [6.07, 6.45) is 4.65. The Morgan fingerprint density at radius 3 is 2.81 bits per heavy atom. The Labute approximate surface area is 97.4 Å². The second-order valence-electron chi connectivity index (χ2n) is 4.25. The third-order valence-electron chi connectivity index (χ3n) is 3.05. The Hall–Kier alpha value is -0.930. The highest BCUT2D eigenvalue weighted by molar-refractivity contribution is 5.03. The molecule has 3 heteroatoms. The quantitative estimate of drug-likeness (QED) is 0.777. The number of ether oxygens (including phenoxy) is 1. The van der Waals surface area contributed by atoms with Crippen LogP contribution in [-0.4, -0.2) is 35.7 Å². The van der Waals surface area contributed by atoms with Gasteiger partial charge in [0.05, 0.1) is 11.8 Å². The molecule has 1 fully saturated rings. The molecule has 3 nitrogen and oxygen atoms in total. The smallest absolute Gasteiger partial charge is 0.0599 e. The number of nitrogens with zero attached hydrogens (tertiary/aromatic N) is 2. The van der Waals surface area contributed by atoms with Gasteiger partial charge in [-0.3, -0.25) is 9.88 Å². The molecular weight excluding hydrogens is 200 g/mol. The summed E-state index contributed by atoms with van der Waals surface area (Å²) in [5, 5.41) is 0. The minimum absolute atomic E-state index is 0.477. The standard InChI is InChI=1S/C13H20N2O/c1-2-16-13-6-9-15(10-7-13)11-12-5-3-4-8-14-12/h3-5,8,13H,2,6-7,9-11H2,1H3. The molecule has 1 aromatic rings. The maximum Gasteiger partial charge on any atom is 0.0599 e. The average molecular weight is 220 g/mol. The predicted molar refractivity (Wildman–Crippen MR) is 64.2 cm³/mol. The van der Waals surface area contributed by atoms with Crippen molar-refractivity contribution in [2.45, 2.75) is 32.4 Å². The van der Waals surface area contributed by atoms with Gasteiger partial charge < -0.3 is 4.74 Å². The highest BCUT2D eigenvalue weighted by Gasteiger charge is 2.19. The third kappa shape index (κ3) is 3.29. The van der Waals surface area contributed by atoms with Crippen molar-refractivity contribution in [3.63, 3.8) is 0 Å². The van der Waals surface area contributed by atoms with Crippen molar-refractivity contribution in [3.8, 4) is 0 Å². The van der Waals surface area contributed by atoms with E-state index in [0.717, 1.165) is 44.8 Å². The van der Waals surface area contributed by atoms with Crippen molar-refractivity contribution in [1.29, 1.82) is 0 Å². The van der Waals surface area contributed by atoms with Crippen LogP contribution in [0.1, 0.15) is 25.5 Å². The number of aromatic nitrogens is 1. The first-order chi connectivity index (χ1) is 7.88. The van der Waals surface area contributed by atoms with Crippen molar-refractivity contribution < 1.29 is 4.74 Å². The zero-order valence-electron chi connectivity index (χ0n) is 9.93. The van der Waals surface area contributed by atoms with Crippen LogP contribution in [0.25, 0.3) is 0 Å². The molecule has 1 aliphatic heterocycles. The summed E-state index contributed by atoms with van der Waals surface area (Å²) in [5.74, 6) is 0. The molecule has 1 aliphatic rings. The molecule has 0 amide bonds. The average Bonchev–Trinajstić information content (AvgIpc) is 2.33. The van der Waals surface area contributed by atoms with Crippen LogP contribution in [0.2, 0.25) is 0 Å². The second-order valence-corrected chi connectivity index (χ2v) is 4.25. The molecule has 0 aliphatic carbocycles. The van der Waals surface area contributed by atoms with Crippen LogP contribution in [-0.2, 0) is 11.3 Å². The first-order valence-corrected chi connectivity index (χ1v) is 6.12. The zero-order valence-corrected chi connectivity index (χ0v) is 9.93. The number of likely N-dealkylation sites (tertiary alicyclic amines) is 1. The van der Waals surface area contributed by atoms with Gasteiger partial charge in [-0.25, -0.2) is 0 Å². The van der Waals surface area contributed by atoms with Crippen LogP contribution in [0.3, 0.4) is 0 Å². The minimum atomic E-state index is 0.477. The molecule has 0 atom stereocenters. The Bertz CT molecular complexity index is 294. The first-order valence-electron chi connectivity index (χ1n) is 6.12. The summed E-state index contributed by atoms with van der Waals surface area (Å²) < 4.78 is 5.64. The summed E-state index contributed by atoms with van der Waals surface area (Å²) >= 11 is 0. The molecule has 1 saturated heterocycles. The fourth-order valence-electron chi connectivity index (χ4n) is 2.19. The van der Waals surface area contributed by atoms with Crippen molar-refractivity contribution >= 4 is 0 Å². The van der Waals surface area contributed by atoms with E-state index in [1.54, 1.807) is 0 Å². The Morgan fingerprint density at radius 1 is 1.38 bits per heavy atom. The fourth-order valence-corrected chi connectivity index (χ4v) is 2.19. The topological polar surface area (TPSA) is 25.4 Å². The van der Waals surface area contributed by atoms with E-state index in [4.69, 9.17) is 4.74 Å². The van der Waals surface area contributed by atoms with Crippen molar-refractivity contribution in [1.82, 2.24) is 9.88 Å². The van der Waals surface area contributed by atoms with E-state index in [9.17, 15) is 0 Å². The molecular formula is C13H20N2O. The summed E-state index contributed by atoms with van der Waals surface area (Å²) in [5.41, 5.74) is 1.16. The lowest BCUT2D eigenvalue weighted by molar-refractivity contribution is 0.0123. The minimum Gasteiger partial charge on any atom is -0.378 e. The van der Waals surface area contributed by atoms with Crippen LogP contribution >= 0.6 is 0 Å². The first kappa shape index (κ1) is 11.6. The van der Waals surface area contributed by atoms with E-state index in [1.165, 1.54) is 0 Å². The molecule has 0 aromatic carbocycles. The molecule has 0 saturated carbocycles. The van der Waals surface area contributed by atoms with Gasteiger partial charge in [-0.15, -0.1) is 0 Å². The van der Waals surface area contributed by atoms with Gasteiger partial charge in [-0.2, -0.15) is 0 Å². The number of rotatable bonds is 4. The van der Waals surface area contributed by atoms with Gasteiger partial charge in [0.2, 0.25) is 0 Å². The van der Waals surface area contributed by atoms with Crippen LogP contribution in [0.15, 0.2) is 24.4 Å². The number of piperidine rings is 1. The number of hydrogen-bond acceptors (Lipinski definition) is 3. The van der Waals surface area contributed by atoms with Gasteiger partial charge in [0.1, 0.15) is 0 Å². The normalized spacial score (nSPS) is 18.8. The van der Waals surface area contributed by atoms with E-state index in [2.05, 4.69) is 28.9 Å². The molecule has 88 valence electrons. The van der Waals surface area contributed by atoms with E-state index < -0.39 is 0 Å². The number of pyridine rings is 1. The SMILES string of the molecule is CCOC1CCN(Cc2ccccn2)CC1. The fraction of sp³-hybridized carbons (Fsp3) is 0.615. The maximum absolute atomic E-state index is 5.64. The van der Waals surface area contributed by atoms with Crippen molar-refractivity contribution in [3.05, 3.63) is 30.1 Å². The molecule has 1 aromatic heterocycles. The molecule has 0 radical (unpaired) electrons. The predicted octanol–water partition coefficient (Wildman–Crippen LogP) is 2.08. The third-order valence-corrected chi connectivity index (χ3v) is 3.05. The second kappa shape index (κ2) is 5.97. The van der Waals surface area contributed by atoms with Crippen LogP contribution in [0, 0.1) is 0 Å². The summed E-state index contributed by atoms with van der Waals surface area (Å²) in [4.78, 5) is 6.81. The van der Waals surface area contributed by atoms with Gasteiger partial charge in [-0.1, -0.05) is 6.07 Å². The Morgan fingerprint density at radius 2 is 2.19 bits per heavy atom. The van der Waals surface area contributed by atoms with Crippen molar-refractivity contribution in [2.24, 2.45) is 0 Å². The van der Waals surface area contributed by atoms with Crippen molar-refractivity contribution in [2.75, 3.05) is 19.7 Å². The van der Waals surface area contributed by atoms with E-state index in [-0.39, 0.29) is 0 Å². The molecule has 0 N–H and O–H groups in total. The highest BCUT2D eigenvalue weighted by atomic mass is 16.5. The Kier molecular flexibility index (Phi) is 4.31. The maximum atomic E-state index is 5.64. The molecule has 2 heterocycles. The molecule has 0 spiro atoms. The van der Waals surface area contributed by atoms with Gasteiger partial charge in [0.15, 0.2) is 0 Å². The molecule has 0 bridgehead atoms. The van der Waals surface area contributed by atoms with E-state index >= 15 is 0 Å². The lowest BCUT2D eigenvalue weighted by Gasteiger charge is -2.31. The lowest BCUT2D eigenvalue weighted by Crippen LogP contribution is -2.36. The van der Waals surface area contributed by atoms with Crippen LogP contribution < -0.4 is 0 Å². The largest absolute Gasteiger partial charge is 0.378 e. The zero-order chi connectivity index (χ0) is 11.2. The summed E-state index contributed by atoms with van der Waals surface area (Å²) in [6, 6.07) is 6.11.